The monoisotopic (exact) mass is 323 g/mol. The predicted molar refractivity (Wildman–Crippen MR) is 88.7 cm³/mol. The van der Waals surface area contributed by atoms with Crippen LogP contribution in [0.5, 0.6) is 5.75 Å². The third-order valence-electron chi connectivity index (χ3n) is 3.76. The quantitative estimate of drug-likeness (QED) is 0.743. The van der Waals surface area contributed by atoms with E-state index in [1.54, 1.807) is 16.4 Å². The molecule has 0 unspecified atom stereocenters. The normalized spacial score (nSPS) is 19.8. The molecule has 0 aliphatic carbocycles. The lowest BCUT2D eigenvalue weighted by Gasteiger charge is -2.27. The third kappa shape index (κ3) is 3.90. The van der Waals surface area contributed by atoms with Crippen LogP contribution in [0.25, 0.3) is 0 Å². The summed E-state index contributed by atoms with van der Waals surface area (Å²) in [7, 11) is -3.54. The Hall–Kier alpha value is -1.33. The number of ether oxygens (including phenoxy) is 1. The molecule has 0 spiro atoms. The van der Waals surface area contributed by atoms with Gasteiger partial charge in [-0.25, -0.2) is 8.42 Å². The van der Waals surface area contributed by atoms with E-state index in [4.69, 9.17) is 4.74 Å². The predicted octanol–water partition coefficient (Wildman–Crippen LogP) is 3.51. The Kier molecular flexibility index (Phi) is 5.64. The highest BCUT2D eigenvalue weighted by Crippen LogP contribution is 2.29. The van der Waals surface area contributed by atoms with Crippen molar-refractivity contribution in [3.8, 4) is 5.75 Å². The highest BCUT2D eigenvalue weighted by molar-refractivity contribution is 7.89. The molecule has 122 valence electrons. The summed E-state index contributed by atoms with van der Waals surface area (Å²) in [6.07, 6.45) is 6.86. The molecule has 0 amide bonds. The van der Waals surface area contributed by atoms with Gasteiger partial charge in [0.1, 0.15) is 17.3 Å². The van der Waals surface area contributed by atoms with Crippen molar-refractivity contribution in [1.82, 2.24) is 4.31 Å². The summed E-state index contributed by atoms with van der Waals surface area (Å²) in [5.74, 6) is 0.441. The first-order valence-corrected chi connectivity index (χ1v) is 9.27. The molecule has 5 heteroatoms. The summed E-state index contributed by atoms with van der Waals surface area (Å²) >= 11 is 0. The largest absolute Gasteiger partial charge is 0.488 e. The summed E-state index contributed by atoms with van der Waals surface area (Å²) in [4.78, 5) is 0.265. The average molecular weight is 323 g/mol. The highest BCUT2D eigenvalue weighted by Gasteiger charge is 2.29. The van der Waals surface area contributed by atoms with Gasteiger partial charge in [0.05, 0.1) is 0 Å². The Bertz CT molecular complexity index is 635. The molecule has 0 saturated carbocycles. The molecule has 1 aromatic carbocycles. The van der Waals surface area contributed by atoms with Crippen LogP contribution in [0.2, 0.25) is 0 Å². The van der Waals surface area contributed by atoms with Crippen molar-refractivity contribution in [3.05, 3.63) is 35.9 Å². The lowest BCUT2D eigenvalue weighted by atomic mass is 10.2. The van der Waals surface area contributed by atoms with E-state index in [-0.39, 0.29) is 10.9 Å². The number of nitrogens with zero attached hydrogens (tertiary/aromatic N) is 1. The number of fused-ring (bicyclic) bond motifs is 1. The zero-order valence-corrected chi connectivity index (χ0v) is 14.4. The van der Waals surface area contributed by atoms with E-state index in [1.807, 2.05) is 32.9 Å². The fourth-order valence-corrected chi connectivity index (χ4v) is 4.37. The molecule has 0 bridgehead atoms. The molecule has 0 atom stereocenters. The average Bonchev–Trinajstić information content (AvgIpc) is 2.43. The Labute approximate surface area is 133 Å². The Balaban J connectivity index is 2.49. The minimum atomic E-state index is -3.54. The number of hydrogen-bond donors (Lipinski definition) is 0. The molecule has 1 aliphatic heterocycles. The zero-order valence-electron chi connectivity index (χ0n) is 13.6. The van der Waals surface area contributed by atoms with Gasteiger partial charge in [-0.1, -0.05) is 18.2 Å². The van der Waals surface area contributed by atoms with Crippen molar-refractivity contribution in [2.24, 2.45) is 0 Å². The molecule has 22 heavy (non-hydrogen) atoms. The van der Waals surface area contributed by atoms with Gasteiger partial charge in [0.2, 0.25) is 10.0 Å². The standard InChI is InChI=1S/C17H25NO3S/c1-14(2)18-11-7-5-4-6-8-12-21-16-13-15(3)9-10-17(16)22(18,19)20/h6,8-10,13-14H,4-5,7,11-12H2,1-3H3. The summed E-state index contributed by atoms with van der Waals surface area (Å²) in [6.45, 7) is 6.70. The fraction of sp³-hybridized carbons (Fsp3) is 0.529. The second-order valence-corrected chi connectivity index (χ2v) is 7.80. The van der Waals surface area contributed by atoms with E-state index < -0.39 is 10.0 Å². The smallest absolute Gasteiger partial charge is 0.246 e. The van der Waals surface area contributed by atoms with Crippen molar-refractivity contribution in [2.75, 3.05) is 13.2 Å². The fourth-order valence-electron chi connectivity index (χ4n) is 2.58. The van der Waals surface area contributed by atoms with Gasteiger partial charge >= 0.3 is 0 Å². The molecule has 1 aromatic rings. The Morgan fingerprint density at radius 1 is 1.18 bits per heavy atom. The van der Waals surface area contributed by atoms with Crippen LogP contribution in [-0.2, 0) is 10.0 Å². The van der Waals surface area contributed by atoms with E-state index in [9.17, 15) is 8.42 Å². The number of rotatable bonds is 1. The van der Waals surface area contributed by atoms with E-state index in [2.05, 4.69) is 6.08 Å². The van der Waals surface area contributed by atoms with Crippen LogP contribution >= 0.6 is 0 Å². The maximum atomic E-state index is 13.0. The van der Waals surface area contributed by atoms with Crippen LogP contribution in [0.4, 0.5) is 0 Å². The molecule has 0 radical (unpaired) electrons. The molecule has 1 aliphatic rings. The van der Waals surface area contributed by atoms with Gasteiger partial charge in [-0.15, -0.1) is 0 Å². The summed E-state index contributed by atoms with van der Waals surface area (Å²) < 4.78 is 33.3. The highest BCUT2D eigenvalue weighted by atomic mass is 32.2. The number of allylic oxidation sites excluding steroid dienone is 1. The van der Waals surface area contributed by atoms with Gasteiger partial charge in [0, 0.05) is 12.6 Å². The first-order chi connectivity index (χ1) is 10.4. The second kappa shape index (κ2) is 7.29. The molecule has 4 nitrogen and oxygen atoms in total. The summed E-state index contributed by atoms with van der Waals surface area (Å²) in [5, 5.41) is 0. The molecular weight excluding hydrogens is 298 g/mol. The van der Waals surface area contributed by atoms with Crippen molar-refractivity contribution < 1.29 is 13.2 Å². The van der Waals surface area contributed by atoms with Crippen LogP contribution in [0.3, 0.4) is 0 Å². The van der Waals surface area contributed by atoms with Gasteiger partial charge < -0.3 is 4.74 Å². The van der Waals surface area contributed by atoms with Gasteiger partial charge in [-0.05, 0) is 57.7 Å². The van der Waals surface area contributed by atoms with Crippen molar-refractivity contribution in [1.29, 1.82) is 0 Å². The summed E-state index contributed by atoms with van der Waals surface area (Å²) in [6, 6.07) is 5.20. The number of sulfonamides is 1. The maximum Gasteiger partial charge on any atom is 0.246 e. The SMILES string of the molecule is Cc1ccc2c(c1)OCC=CCCCCN(C(C)C)S2(=O)=O. The van der Waals surface area contributed by atoms with Crippen LogP contribution in [0.15, 0.2) is 35.2 Å². The molecule has 0 fully saturated rings. The number of aryl methyl sites for hydroxylation is 1. The van der Waals surface area contributed by atoms with Crippen molar-refractivity contribution in [3.63, 3.8) is 0 Å². The van der Waals surface area contributed by atoms with Crippen LogP contribution in [-0.4, -0.2) is 31.9 Å². The van der Waals surface area contributed by atoms with E-state index in [1.165, 1.54) is 0 Å². The molecule has 0 saturated heterocycles. The minimum Gasteiger partial charge on any atom is -0.488 e. The van der Waals surface area contributed by atoms with Crippen LogP contribution in [0.1, 0.15) is 38.7 Å². The molecular formula is C17H25NO3S. The zero-order chi connectivity index (χ0) is 16.2. The van der Waals surface area contributed by atoms with Gasteiger partial charge in [0.15, 0.2) is 0 Å². The van der Waals surface area contributed by atoms with Gasteiger partial charge in [0.25, 0.3) is 0 Å². The first kappa shape index (κ1) is 17.0. The minimum absolute atomic E-state index is 0.0716. The maximum absolute atomic E-state index is 13.0. The molecule has 0 N–H and O–H groups in total. The van der Waals surface area contributed by atoms with Crippen LogP contribution < -0.4 is 4.74 Å². The summed E-state index contributed by atoms with van der Waals surface area (Å²) in [5.41, 5.74) is 0.987. The molecule has 0 aromatic heterocycles. The Morgan fingerprint density at radius 3 is 2.68 bits per heavy atom. The lowest BCUT2D eigenvalue weighted by molar-refractivity contribution is 0.331. The van der Waals surface area contributed by atoms with Crippen molar-refractivity contribution in [2.45, 2.75) is 51.0 Å². The third-order valence-corrected chi connectivity index (χ3v) is 5.88. The van der Waals surface area contributed by atoms with E-state index in [0.717, 1.165) is 24.8 Å². The molecule has 2 rings (SSSR count). The Morgan fingerprint density at radius 2 is 1.95 bits per heavy atom. The lowest BCUT2D eigenvalue weighted by Crippen LogP contribution is -2.38. The number of hydrogen-bond acceptors (Lipinski definition) is 3. The van der Waals surface area contributed by atoms with Gasteiger partial charge in [-0.3, -0.25) is 0 Å². The number of benzene rings is 1. The molecule has 1 heterocycles. The van der Waals surface area contributed by atoms with E-state index >= 15 is 0 Å². The second-order valence-electron chi connectivity index (χ2n) is 5.94. The van der Waals surface area contributed by atoms with Crippen molar-refractivity contribution >= 4 is 10.0 Å². The van der Waals surface area contributed by atoms with Crippen LogP contribution in [0, 0.1) is 6.92 Å². The van der Waals surface area contributed by atoms with Gasteiger partial charge in [-0.2, -0.15) is 4.31 Å². The first-order valence-electron chi connectivity index (χ1n) is 7.83. The van der Waals surface area contributed by atoms with E-state index in [0.29, 0.717) is 18.9 Å². The topological polar surface area (TPSA) is 46.6 Å².